The first-order valence-corrected chi connectivity index (χ1v) is 5.31. The second-order valence-corrected chi connectivity index (χ2v) is 3.38. The van der Waals surface area contributed by atoms with Gasteiger partial charge in [0.25, 0.3) is 0 Å². The molecule has 86 valence electrons. The molecule has 0 saturated heterocycles. The van der Waals surface area contributed by atoms with Crippen LogP contribution < -0.4 is 10.6 Å². The molecule has 15 heavy (non-hydrogen) atoms. The lowest BCUT2D eigenvalue weighted by molar-refractivity contribution is 0.199. The summed E-state index contributed by atoms with van der Waals surface area (Å²) in [6.07, 6.45) is 4.87. The Morgan fingerprint density at radius 3 is 2.93 bits per heavy atom. The molecule has 0 atom stereocenters. The Morgan fingerprint density at radius 2 is 2.20 bits per heavy atom. The smallest absolute Gasteiger partial charge is 0.0587 e. The normalized spacial score (nSPS) is 10.7. The van der Waals surface area contributed by atoms with Crippen molar-refractivity contribution in [2.24, 2.45) is 0 Å². The van der Waals surface area contributed by atoms with Gasteiger partial charge in [-0.2, -0.15) is 5.10 Å². The van der Waals surface area contributed by atoms with Crippen molar-refractivity contribution in [1.82, 2.24) is 20.8 Å². The molecule has 0 saturated carbocycles. The number of ether oxygens (including phenoxy) is 1. The van der Waals surface area contributed by atoms with Crippen LogP contribution in [0.4, 0.5) is 0 Å². The molecule has 0 aliphatic carbocycles. The van der Waals surface area contributed by atoms with Gasteiger partial charge in [0.1, 0.15) is 0 Å². The molecule has 5 nitrogen and oxygen atoms in total. The van der Waals surface area contributed by atoms with Gasteiger partial charge < -0.3 is 15.4 Å². The minimum absolute atomic E-state index is 0.780. The molecular formula is C10H20N4O. The molecule has 0 radical (unpaired) electrons. The van der Waals surface area contributed by atoms with Gasteiger partial charge in [0.05, 0.1) is 12.8 Å². The van der Waals surface area contributed by atoms with Crippen LogP contribution in [-0.2, 0) is 11.3 Å². The highest BCUT2D eigenvalue weighted by atomic mass is 16.5. The summed E-state index contributed by atoms with van der Waals surface area (Å²) in [5.41, 5.74) is 1.20. The monoisotopic (exact) mass is 212 g/mol. The summed E-state index contributed by atoms with van der Waals surface area (Å²) in [7, 11) is 1.72. The van der Waals surface area contributed by atoms with Crippen molar-refractivity contribution in [1.29, 1.82) is 0 Å². The van der Waals surface area contributed by atoms with Crippen LogP contribution in [0, 0.1) is 0 Å². The van der Waals surface area contributed by atoms with E-state index in [-0.39, 0.29) is 0 Å². The highest BCUT2D eigenvalue weighted by Gasteiger charge is 1.92. The Kier molecular flexibility index (Phi) is 6.81. The van der Waals surface area contributed by atoms with E-state index in [0.29, 0.717) is 0 Å². The van der Waals surface area contributed by atoms with Gasteiger partial charge in [0.2, 0.25) is 0 Å². The molecule has 1 rings (SSSR count). The second-order valence-electron chi connectivity index (χ2n) is 3.38. The van der Waals surface area contributed by atoms with Crippen molar-refractivity contribution in [3.05, 3.63) is 18.0 Å². The van der Waals surface area contributed by atoms with Gasteiger partial charge in [0, 0.05) is 32.0 Å². The first-order chi connectivity index (χ1) is 7.43. The number of methoxy groups -OCH3 is 1. The maximum atomic E-state index is 4.93. The van der Waals surface area contributed by atoms with Gasteiger partial charge in [-0.1, -0.05) is 0 Å². The van der Waals surface area contributed by atoms with Crippen LogP contribution in [0.5, 0.6) is 0 Å². The summed E-state index contributed by atoms with van der Waals surface area (Å²) in [6.45, 7) is 4.64. The quantitative estimate of drug-likeness (QED) is 0.509. The summed E-state index contributed by atoms with van der Waals surface area (Å²) < 4.78 is 4.93. The zero-order chi connectivity index (χ0) is 10.8. The average molecular weight is 212 g/mol. The van der Waals surface area contributed by atoms with Crippen molar-refractivity contribution in [2.45, 2.75) is 13.0 Å². The Balaban J connectivity index is 1.81. The van der Waals surface area contributed by atoms with Gasteiger partial charge in [-0.3, -0.25) is 5.10 Å². The molecule has 0 aliphatic heterocycles. The number of nitrogens with one attached hydrogen (secondary N) is 3. The van der Waals surface area contributed by atoms with Crippen molar-refractivity contribution in [3.63, 3.8) is 0 Å². The van der Waals surface area contributed by atoms with Crippen molar-refractivity contribution in [3.8, 4) is 0 Å². The predicted molar refractivity (Wildman–Crippen MR) is 59.7 cm³/mol. The molecular weight excluding hydrogens is 192 g/mol. The first-order valence-electron chi connectivity index (χ1n) is 5.31. The van der Waals surface area contributed by atoms with E-state index < -0.39 is 0 Å². The molecule has 3 N–H and O–H groups in total. The fraction of sp³-hybridized carbons (Fsp3) is 0.700. The lowest BCUT2D eigenvalue weighted by Crippen LogP contribution is -2.24. The molecule has 5 heteroatoms. The lowest BCUT2D eigenvalue weighted by Gasteiger charge is -2.04. The Morgan fingerprint density at radius 1 is 1.33 bits per heavy atom. The molecule has 1 aromatic heterocycles. The third-order valence-corrected chi connectivity index (χ3v) is 2.07. The summed E-state index contributed by atoms with van der Waals surface area (Å²) in [5, 5.41) is 13.3. The third-order valence-electron chi connectivity index (χ3n) is 2.07. The van der Waals surface area contributed by atoms with Crippen LogP contribution in [0.25, 0.3) is 0 Å². The van der Waals surface area contributed by atoms with Gasteiger partial charge in [-0.25, -0.2) is 0 Å². The van der Waals surface area contributed by atoms with Crippen LogP contribution in [0.3, 0.4) is 0 Å². The van der Waals surface area contributed by atoms with Crippen LogP contribution in [0.1, 0.15) is 12.0 Å². The average Bonchev–Trinajstić information content (AvgIpc) is 2.75. The molecule has 1 heterocycles. The fourth-order valence-electron chi connectivity index (χ4n) is 1.24. The van der Waals surface area contributed by atoms with E-state index in [1.165, 1.54) is 5.56 Å². The second kappa shape index (κ2) is 8.40. The van der Waals surface area contributed by atoms with Gasteiger partial charge in [-0.05, 0) is 19.5 Å². The molecule has 0 aliphatic rings. The Bertz CT molecular complexity index is 225. The zero-order valence-electron chi connectivity index (χ0n) is 9.25. The summed E-state index contributed by atoms with van der Waals surface area (Å²) in [5.74, 6) is 0. The van der Waals surface area contributed by atoms with Crippen LogP contribution in [0.15, 0.2) is 12.4 Å². The number of H-pyrrole nitrogens is 1. The van der Waals surface area contributed by atoms with Gasteiger partial charge >= 0.3 is 0 Å². The van der Waals surface area contributed by atoms with Crippen LogP contribution in [-0.4, -0.2) is 43.5 Å². The topological polar surface area (TPSA) is 62.0 Å². The first kappa shape index (κ1) is 12.2. The summed E-state index contributed by atoms with van der Waals surface area (Å²) in [6, 6.07) is 0. The molecule has 0 amide bonds. The largest absolute Gasteiger partial charge is 0.383 e. The third kappa shape index (κ3) is 6.22. The molecule has 0 aromatic carbocycles. The van der Waals surface area contributed by atoms with Crippen LogP contribution >= 0.6 is 0 Å². The van der Waals surface area contributed by atoms with E-state index in [1.54, 1.807) is 7.11 Å². The molecule has 0 bridgehead atoms. The lowest BCUT2D eigenvalue weighted by atomic mass is 10.3. The van der Waals surface area contributed by atoms with Gasteiger partial charge in [0.15, 0.2) is 0 Å². The number of aromatic amines is 1. The maximum Gasteiger partial charge on any atom is 0.0587 e. The number of hydrogen-bond acceptors (Lipinski definition) is 4. The van der Waals surface area contributed by atoms with E-state index in [9.17, 15) is 0 Å². The van der Waals surface area contributed by atoms with Crippen LogP contribution in [0.2, 0.25) is 0 Å². The van der Waals surface area contributed by atoms with E-state index >= 15 is 0 Å². The maximum absolute atomic E-state index is 4.93. The zero-order valence-corrected chi connectivity index (χ0v) is 9.25. The van der Waals surface area contributed by atoms with Gasteiger partial charge in [-0.15, -0.1) is 0 Å². The highest BCUT2D eigenvalue weighted by Crippen LogP contribution is 1.91. The molecule has 0 spiro atoms. The molecule has 0 unspecified atom stereocenters. The Labute approximate surface area is 90.6 Å². The van der Waals surface area contributed by atoms with Crippen molar-refractivity contribution in [2.75, 3.05) is 33.4 Å². The molecule has 0 fully saturated rings. The number of hydrogen-bond donors (Lipinski definition) is 3. The van der Waals surface area contributed by atoms with E-state index in [2.05, 4.69) is 20.8 Å². The minimum atomic E-state index is 0.780. The SMILES string of the molecule is COCCNCCCNCc1cn[nH]c1. The van der Waals surface area contributed by atoms with E-state index in [1.807, 2.05) is 12.4 Å². The van der Waals surface area contributed by atoms with Crippen molar-refractivity contribution >= 4 is 0 Å². The van der Waals surface area contributed by atoms with Crippen molar-refractivity contribution < 1.29 is 4.74 Å². The predicted octanol–water partition coefficient (Wildman–Crippen LogP) is 0.125. The fourth-order valence-corrected chi connectivity index (χ4v) is 1.24. The summed E-state index contributed by atoms with van der Waals surface area (Å²) in [4.78, 5) is 0. The minimum Gasteiger partial charge on any atom is -0.383 e. The number of aromatic nitrogens is 2. The number of rotatable bonds is 9. The van der Waals surface area contributed by atoms with E-state index in [4.69, 9.17) is 4.74 Å². The number of nitrogens with zero attached hydrogens (tertiary/aromatic N) is 1. The highest BCUT2D eigenvalue weighted by molar-refractivity contribution is 5.01. The summed E-state index contributed by atoms with van der Waals surface area (Å²) >= 11 is 0. The standard InChI is InChI=1S/C10H20N4O/c1-15-6-5-11-3-2-4-12-7-10-8-13-14-9-10/h8-9,11-12H,2-7H2,1H3,(H,13,14). The van der Waals surface area contributed by atoms with E-state index in [0.717, 1.165) is 39.2 Å². The molecule has 1 aromatic rings. The Hall–Kier alpha value is -0.910.